The minimum atomic E-state index is -1.43. The second-order valence-electron chi connectivity index (χ2n) is 8.96. The van der Waals surface area contributed by atoms with Crippen LogP contribution in [0.15, 0.2) is 24.3 Å². The van der Waals surface area contributed by atoms with E-state index in [1.165, 1.54) is 11.1 Å². The number of pyridine rings is 1. The zero-order chi connectivity index (χ0) is 22.2. The molecule has 1 aromatic carbocycles. The van der Waals surface area contributed by atoms with Gasteiger partial charge in [-0.25, -0.2) is 4.98 Å². The average molecular weight is 432 g/mol. The summed E-state index contributed by atoms with van der Waals surface area (Å²) in [5.74, 6) is 1.06. The highest BCUT2D eigenvalue weighted by Gasteiger charge is 2.23. The van der Waals surface area contributed by atoms with Crippen LogP contribution in [0.2, 0.25) is 0 Å². The summed E-state index contributed by atoms with van der Waals surface area (Å²) >= 11 is 0. The second kappa shape index (κ2) is 8.65. The number of nitrogens with one attached hydrogen (secondary N) is 1. The number of nitrogens with two attached hydrogens (primary N) is 1. The van der Waals surface area contributed by atoms with Gasteiger partial charge in [-0.3, -0.25) is 4.90 Å². The third-order valence-electron chi connectivity index (χ3n) is 6.75. The minimum Gasteiger partial charge on any atom is -0.423 e. The highest BCUT2D eigenvalue weighted by atomic mass is 16.4. The molecule has 0 saturated carbocycles. The molecule has 1 saturated heterocycles. The standard InChI is InChI=1S/C23H29BN6O2/c1-14-18-6-3-7-19(18)27-22-20(14)21(25)28-23(29-22)26-17-8-10-30(11-9-17)13-15-4-2-5-16(12-15)24(31)32/h2,4-5,12,17,31-32H,3,6-11,13H2,1H3,(H3,25,26,27,28,29). The Bertz CT molecular complexity index is 1150. The number of nitrogen functional groups attached to an aromatic ring is 1. The van der Waals surface area contributed by atoms with Gasteiger partial charge in [0, 0.05) is 31.4 Å². The maximum Gasteiger partial charge on any atom is 0.488 e. The summed E-state index contributed by atoms with van der Waals surface area (Å²) in [6.07, 6.45) is 5.16. The Morgan fingerprint density at radius 3 is 2.75 bits per heavy atom. The van der Waals surface area contributed by atoms with E-state index in [0.29, 0.717) is 22.9 Å². The predicted molar refractivity (Wildman–Crippen MR) is 127 cm³/mol. The van der Waals surface area contributed by atoms with Gasteiger partial charge >= 0.3 is 7.12 Å². The van der Waals surface area contributed by atoms with Gasteiger partial charge in [0.15, 0.2) is 5.65 Å². The van der Waals surface area contributed by atoms with Crippen molar-refractivity contribution in [1.29, 1.82) is 0 Å². The Morgan fingerprint density at radius 2 is 1.97 bits per heavy atom. The van der Waals surface area contributed by atoms with Crippen LogP contribution in [0.25, 0.3) is 11.0 Å². The quantitative estimate of drug-likeness (QED) is 0.444. The average Bonchev–Trinajstić information content (AvgIpc) is 3.24. The SMILES string of the molecule is Cc1c2c(nc3nc(NC4CCN(Cc5cccc(B(O)O)c5)CC4)nc(N)c13)CCC2. The number of fused-ring (bicyclic) bond motifs is 2. The fraction of sp³-hybridized carbons (Fsp3) is 0.435. The number of rotatable bonds is 5. The molecule has 0 bridgehead atoms. The summed E-state index contributed by atoms with van der Waals surface area (Å²) in [5, 5.41) is 23.1. The van der Waals surface area contributed by atoms with Gasteiger partial charge in [0.25, 0.3) is 0 Å². The number of benzene rings is 1. The fourth-order valence-electron chi connectivity index (χ4n) is 5.03. The van der Waals surface area contributed by atoms with Gasteiger partial charge < -0.3 is 21.1 Å². The van der Waals surface area contributed by atoms with Crippen molar-refractivity contribution < 1.29 is 10.0 Å². The van der Waals surface area contributed by atoms with Crippen molar-refractivity contribution in [2.24, 2.45) is 0 Å². The summed E-state index contributed by atoms with van der Waals surface area (Å²) in [7, 11) is -1.43. The molecule has 1 fully saturated rings. The maximum absolute atomic E-state index is 9.38. The number of piperidine rings is 1. The van der Waals surface area contributed by atoms with Crippen LogP contribution in [0.5, 0.6) is 0 Å². The molecule has 3 heterocycles. The Kier molecular flexibility index (Phi) is 5.71. The molecule has 9 heteroatoms. The van der Waals surface area contributed by atoms with E-state index >= 15 is 0 Å². The molecule has 1 aliphatic carbocycles. The first-order valence-corrected chi connectivity index (χ1v) is 11.4. The zero-order valence-corrected chi connectivity index (χ0v) is 18.4. The van der Waals surface area contributed by atoms with E-state index < -0.39 is 7.12 Å². The van der Waals surface area contributed by atoms with Crippen LogP contribution >= 0.6 is 0 Å². The summed E-state index contributed by atoms with van der Waals surface area (Å²) in [6, 6.07) is 7.75. The molecular formula is C23H29BN6O2. The van der Waals surface area contributed by atoms with Gasteiger partial charge in [-0.05, 0) is 61.2 Å². The van der Waals surface area contributed by atoms with Crippen LogP contribution in [0.4, 0.5) is 11.8 Å². The lowest BCUT2D eigenvalue weighted by atomic mass is 9.79. The third-order valence-corrected chi connectivity index (χ3v) is 6.75. The normalized spacial score (nSPS) is 17.0. The molecule has 0 radical (unpaired) electrons. The molecule has 1 aliphatic heterocycles. The number of aromatic nitrogens is 3. The van der Waals surface area contributed by atoms with Gasteiger partial charge in [-0.2, -0.15) is 9.97 Å². The number of likely N-dealkylation sites (tertiary alicyclic amines) is 1. The minimum absolute atomic E-state index is 0.282. The highest BCUT2D eigenvalue weighted by Crippen LogP contribution is 2.31. The number of nitrogens with zero attached hydrogens (tertiary/aromatic N) is 4. The van der Waals surface area contributed by atoms with Crippen LogP contribution in [-0.2, 0) is 19.4 Å². The number of hydrogen-bond acceptors (Lipinski definition) is 8. The second-order valence-corrected chi connectivity index (χ2v) is 8.96. The van der Waals surface area contributed by atoms with Crippen molar-refractivity contribution in [2.75, 3.05) is 24.1 Å². The van der Waals surface area contributed by atoms with E-state index in [2.05, 4.69) is 22.1 Å². The van der Waals surface area contributed by atoms with Crippen LogP contribution < -0.4 is 16.5 Å². The van der Waals surface area contributed by atoms with Crippen molar-refractivity contribution in [3.63, 3.8) is 0 Å². The molecular weight excluding hydrogens is 403 g/mol. The fourth-order valence-corrected chi connectivity index (χ4v) is 5.03. The summed E-state index contributed by atoms with van der Waals surface area (Å²) in [4.78, 5) is 16.4. The molecule has 0 amide bonds. The number of hydrogen-bond donors (Lipinski definition) is 4. The van der Waals surface area contributed by atoms with Gasteiger partial charge in [0.05, 0.1) is 5.39 Å². The Balaban J connectivity index is 1.24. The number of anilines is 2. The van der Waals surface area contributed by atoms with Gasteiger partial charge in [0.1, 0.15) is 5.82 Å². The van der Waals surface area contributed by atoms with E-state index in [1.807, 2.05) is 18.2 Å². The van der Waals surface area contributed by atoms with Crippen LogP contribution in [0, 0.1) is 6.92 Å². The van der Waals surface area contributed by atoms with Crippen molar-refractivity contribution in [2.45, 2.75) is 51.6 Å². The highest BCUT2D eigenvalue weighted by molar-refractivity contribution is 6.58. The topological polar surface area (TPSA) is 120 Å². The first-order chi connectivity index (χ1) is 15.5. The molecule has 5 rings (SSSR count). The maximum atomic E-state index is 9.38. The lowest BCUT2D eigenvalue weighted by Gasteiger charge is -2.32. The molecule has 8 nitrogen and oxygen atoms in total. The predicted octanol–water partition coefficient (Wildman–Crippen LogP) is 1.16. The summed E-state index contributed by atoms with van der Waals surface area (Å²) < 4.78 is 0. The lowest BCUT2D eigenvalue weighted by Crippen LogP contribution is -2.39. The monoisotopic (exact) mass is 432 g/mol. The third kappa shape index (κ3) is 4.15. The Hall–Kier alpha value is -2.75. The van der Waals surface area contributed by atoms with Crippen LogP contribution in [-0.4, -0.2) is 56.1 Å². The van der Waals surface area contributed by atoms with Gasteiger partial charge in [-0.1, -0.05) is 24.3 Å². The largest absolute Gasteiger partial charge is 0.488 e. The summed E-state index contributed by atoms with van der Waals surface area (Å²) in [6.45, 7) is 4.78. The van der Waals surface area contributed by atoms with E-state index in [9.17, 15) is 10.0 Å². The van der Waals surface area contributed by atoms with Crippen molar-refractivity contribution in [1.82, 2.24) is 19.9 Å². The zero-order valence-electron chi connectivity index (χ0n) is 18.4. The first kappa shape index (κ1) is 21.1. The van der Waals surface area contributed by atoms with Gasteiger partial charge in [0.2, 0.25) is 5.95 Å². The van der Waals surface area contributed by atoms with Crippen LogP contribution in [0.3, 0.4) is 0 Å². The smallest absolute Gasteiger partial charge is 0.423 e. The molecule has 3 aromatic rings. The molecule has 2 aromatic heterocycles. The van der Waals surface area contributed by atoms with Crippen molar-refractivity contribution in [3.8, 4) is 0 Å². The molecule has 0 unspecified atom stereocenters. The Morgan fingerprint density at radius 1 is 1.16 bits per heavy atom. The van der Waals surface area contributed by atoms with Crippen molar-refractivity contribution in [3.05, 3.63) is 46.6 Å². The Labute approximate surface area is 188 Å². The van der Waals surface area contributed by atoms with Crippen molar-refractivity contribution >= 4 is 35.4 Å². The molecule has 32 heavy (non-hydrogen) atoms. The van der Waals surface area contributed by atoms with Gasteiger partial charge in [-0.15, -0.1) is 0 Å². The molecule has 5 N–H and O–H groups in total. The van der Waals surface area contributed by atoms with E-state index in [1.54, 1.807) is 6.07 Å². The molecule has 2 aliphatic rings. The van der Waals surface area contributed by atoms with E-state index in [4.69, 9.17) is 15.7 Å². The lowest BCUT2D eigenvalue weighted by molar-refractivity contribution is 0.211. The van der Waals surface area contributed by atoms with Crippen LogP contribution in [0.1, 0.15) is 41.6 Å². The first-order valence-electron chi connectivity index (χ1n) is 11.4. The molecule has 0 atom stereocenters. The van der Waals surface area contributed by atoms with E-state index in [0.717, 1.165) is 68.4 Å². The number of aryl methyl sites for hydroxylation is 2. The molecule has 0 spiro atoms. The van der Waals surface area contributed by atoms with E-state index in [-0.39, 0.29) is 6.04 Å². The molecule has 166 valence electrons. The summed E-state index contributed by atoms with van der Waals surface area (Å²) in [5.41, 5.74) is 12.3.